The van der Waals surface area contributed by atoms with Gasteiger partial charge in [-0.25, -0.2) is 4.79 Å². The molecule has 172 valence electrons. The number of rotatable bonds is 3. The Morgan fingerprint density at radius 3 is 2.78 bits per heavy atom. The van der Waals surface area contributed by atoms with Crippen molar-refractivity contribution in [3.05, 3.63) is 23.3 Å². The Hall–Kier alpha value is -2.24. The number of ether oxygens (including phenoxy) is 3. The minimum absolute atomic E-state index is 0.0651. The van der Waals surface area contributed by atoms with Crippen LogP contribution in [0.25, 0.3) is 0 Å². The summed E-state index contributed by atoms with van der Waals surface area (Å²) in [6.45, 7) is 0.785. The fourth-order valence-electron chi connectivity index (χ4n) is 6.60. The standard InChI is InChI=1S/C22H25NO9/c24-11-3-2-9-10-7-8-1-4-12(17-13(8)22(9,5-6-23-10)19(11)31-17)30-21-16(27)14(25)15(26)18(32-21)20(28)29/h1,4,9-10,14-16,18-19,21,23,25-27H,2-3,5-7H2,(H,28,29)/t9?,10?,14?,15?,16?,18?,19-,21?,22?/m0/s1. The largest absolute Gasteiger partial charge is 0.479 e. The Bertz CT molecular complexity index is 998. The predicted molar refractivity (Wildman–Crippen MR) is 105 cm³/mol. The second-order valence-corrected chi connectivity index (χ2v) is 9.44. The lowest BCUT2D eigenvalue weighted by atomic mass is 9.52. The molecule has 6 rings (SSSR count). The van der Waals surface area contributed by atoms with Gasteiger partial charge in [0.2, 0.25) is 6.29 Å². The van der Waals surface area contributed by atoms with Gasteiger partial charge in [0, 0.05) is 23.4 Å². The SMILES string of the molecule is O=C(O)C1OC(Oc2ccc3c4c2O[C@H]2C(=O)CCC5C(C3)NCCC452)C(O)C(O)C1O. The highest BCUT2D eigenvalue weighted by Gasteiger charge is 2.65. The van der Waals surface area contributed by atoms with Crippen molar-refractivity contribution >= 4 is 11.8 Å². The van der Waals surface area contributed by atoms with Crippen molar-refractivity contribution in [2.75, 3.05) is 6.54 Å². The van der Waals surface area contributed by atoms with E-state index in [9.17, 15) is 30.0 Å². The Balaban J connectivity index is 1.40. The number of aliphatic hydroxyl groups excluding tert-OH is 3. The molecule has 5 N–H and O–H groups in total. The quantitative estimate of drug-likeness (QED) is 0.384. The van der Waals surface area contributed by atoms with Gasteiger partial charge in [0.25, 0.3) is 0 Å². The smallest absolute Gasteiger partial charge is 0.335 e. The summed E-state index contributed by atoms with van der Waals surface area (Å²) in [7, 11) is 0. The molecule has 2 saturated heterocycles. The van der Waals surface area contributed by atoms with E-state index in [4.69, 9.17) is 14.2 Å². The first kappa shape index (κ1) is 20.4. The van der Waals surface area contributed by atoms with Crippen LogP contribution in [0.1, 0.15) is 30.4 Å². The average Bonchev–Trinajstić information content (AvgIpc) is 3.11. The van der Waals surface area contributed by atoms with E-state index in [1.54, 1.807) is 6.07 Å². The van der Waals surface area contributed by atoms with Gasteiger partial charge in [-0.2, -0.15) is 0 Å². The van der Waals surface area contributed by atoms with E-state index in [-0.39, 0.29) is 23.5 Å². The third kappa shape index (κ3) is 2.52. The number of nitrogens with one attached hydrogen (secondary N) is 1. The summed E-state index contributed by atoms with van der Waals surface area (Å²) in [6, 6.07) is 3.85. The van der Waals surface area contributed by atoms with Crippen LogP contribution in [0.5, 0.6) is 11.5 Å². The van der Waals surface area contributed by atoms with Crippen LogP contribution in [0.15, 0.2) is 12.1 Å². The molecule has 1 aromatic carbocycles. The maximum Gasteiger partial charge on any atom is 0.335 e. The molecule has 5 aliphatic rings. The summed E-state index contributed by atoms with van der Waals surface area (Å²) >= 11 is 0. The number of Topliss-reactive ketones (excluding diaryl/α,β-unsaturated/α-hetero) is 1. The lowest BCUT2D eigenvalue weighted by Crippen LogP contribution is -2.65. The molecule has 1 saturated carbocycles. The van der Waals surface area contributed by atoms with Crippen LogP contribution in [0.4, 0.5) is 0 Å². The van der Waals surface area contributed by atoms with E-state index in [1.165, 1.54) is 0 Å². The van der Waals surface area contributed by atoms with Crippen molar-refractivity contribution in [1.29, 1.82) is 0 Å². The first-order chi connectivity index (χ1) is 15.3. The van der Waals surface area contributed by atoms with E-state index in [0.717, 1.165) is 36.9 Å². The lowest BCUT2D eigenvalue weighted by Gasteiger charge is -2.54. The van der Waals surface area contributed by atoms with Gasteiger partial charge in [0.15, 0.2) is 29.5 Å². The summed E-state index contributed by atoms with van der Waals surface area (Å²) in [4.78, 5) is 24.3. The number of benzene rings is 1. The Morgan fingerprint density at radius 1 is 1.19 bits per heavy atom. The van der Waals surface area contributed by atoms with Gasteiger partial charge in [-0.3, -0.25) is 4.79 Å². The number of piperidine rings is 1. The normalized spacial score (nSPS) is 43.9. The fraction of sp³-hybridized carbons (Fsp3) is 0.636. The molecular weight excluding hydrogens is 422 g/mol. The molecule has 2 bridgehead atoms. The highest BCUT2D eigenvalue weighted by Crippen LogP contribution is 2.62. The van der Waals surface area contributed by atoms with Crippen molar-refractivity contribution in [2.24, 2.45) is 5.92 Å². The van der Waals surface area contributed by atoms with Crippen molar-refractivity contribution < 1.29 is 44.2 Å². The molecular formula is C22H25NO9. The van der Waals surface area contributed by atoms with Crippen LogP contribution < -0.4 is 14.8 Å². The number of carboxylic acid groups (broad SMARTS) is 1. The topological polar surface area (TPSA) is 155 Å². The molecule has 8 unspecified atom stereocenters. The fourth-order valence-corrected chi connectivity index (χ4v) is 6.60. The second kappa shape index (κ2) is 6.88. The molecule has 3 aliphatic heterocycles. The zero-order valence-corrected chi connectivity index (χ0v) is 17.1. The Labute approximate surface area is 183 Å². The summed E-state index contributed by atoms with van der Waals surface area (Å²) in [5.41, 5.74) is 1.64. The van der Waals surface area contributed by atoms with E-state index >= 15 is 0 Å². The van der Waals surface area contributed by atoms with Gasteiger partial charge in [-0.05, 0) is 43.4 Å². The van der Waals surface area contributed by atoms with Crippen LogP contribution in [0, 0.1) is 5.92 Å². The summed E-state index contributed by atoms with van der Waals surface area (Å²) in [5.74, 6) is -0.505. The lowest BCUT2D eigenvalue weighted by molar-refractivity contribution is -0.271. The molecule has 1 spiro atoms. The van der Waals surface area contributed by atoms with Gasteiger partial charge >= 0.3 is 5.97 Å². The molecule has 2 aliphatic carbocycles. The number of ketones is 1. The summed E-state index contributed by atoms with van der Waals surface area (Å²) < 4.78 is 17.4. The van der Waals surface area contributed by atoms with Crippen molar-refractivity contribution in [3.63, 3.8) is 0 Å². The molecule has 3 fully saturated rings. The molecule has 0 amide bonds. The predicted octanol–water partition coefficient (Wildman–Crippen LogP) is -1.15. The van der Waals surface area contributed by atoms with Crippen molar-refractivity contribution in [2.45, 2.75) is 73.9 Å². The average molecular weight is 447 g/mol. The number of carbonyl (C=O) groups is 2. The van der Waals surface area contributed by atoms with Gasteiger partial charge in [0.1, 0.15) is 18.3 Å². The maximum atomic E-state index is 12.9. The highest BCUT2D eigenvalue weighted by atomic mass is 16.7. The molecule has 0 radical (unpaired) electrons. The number of carboxylic acids is 1. The minimum Gasteiger partial charge on any atom is -0.479 e. The van der Waals surface area contributed by atoms with Gasteiger partial charge in [-0.1, -0.05) is 6.07 Å². The molecule has 1 aromatic rings. The van der Waals surface area contributed by atoms with E-state index in [0.29, 0.717) is 12.2 Å². The van der Waals surface area contributed by atoms with Gasteiger partial charge in [-0.15, -0.1) is 0 Å². The Kier molecular flexibility index (Phi) is 4.38. The van der Waals surface area contributed by atoms with Crippen LogP contribution in [0.2, 0.25) is 0 Å². The van der Waals surface area contributed by atoms with Crippen LogP contribution in [-0.2, 0) is 26.2 Å². The van der Waals surface area contributed by atoms with Gasteiger partial charge < -0.3 is 40.0 Å². The highest BCUT2D eigenvalue weighted by molar-refractivity contribution is 5.89. The zero-order chi connectivity index (χ0) is 22.4. The number of carbonyl (C=O) groups excluding carboxylic acids is 1. The van der Waals surface area contributed by atoms with Crippen LogP contribution >= 0.6 is 0 Å². The third-order valence-electron chi connectivity index (χ3n) is 7.96. The number of hydrogen-bond donors (Lipinski definition) is 5. The monoisotopic (exact) mass is 447 g/mol. The van der Waals surface area contributed by atoms with E-state index < -0.39 is 48.2 Å². The number of aliphatic hydroxyl groups is 3. The molecule has 3 heterocycles. The first-order valence-electron chi connectivity index (χ1n) is 11.0. The first-order valence-corrected chi connectivity index (χ1v) is 11.0. The van der Waals surface area contributed by atoms with Crippen LogP contribution in [-0.4, -0.2) is 81.6 Å². The maximum absolute atomic E-state index is 12.9. The van der Waals surface area contributed by atoms with Crippen molar-refractivity contribution in [1.82, 2.24) is 5.32 Å². The molecule has 10 heteroatoms. The van der Waals surface area contributed by atoms with Crippen molar-refractivity contribution in [3.8, 4) is 11.5 Å². The molecule has 32 heavy (non-hydrogen) atoms. The number of hydrogen-bond acceptors (Lipinski definition) is 9. The summed E-state index contributed by atoms with van der Waals surface area (Å²) in [5, 5.41) is 43.3. The van der Waals surface area contributed by atoms with Crippen LogP contribution in [0.3, 0.4) is 0 Å². The molecule has 0 aromatic heterocycles. The molecule has 9 atom stereocenters. The van der Waals surface area contributed by atoms with E-state index in [1.807, 2.05) is 6.07 Å². The third-order valence-corrected chi connectivity index (χ3v) is 7.96. The Morgan fingerprint density at radius 2 is 2.00 bits per heavy atom. The number of aliphatic carboxylic acids is 1. The zero-order valence-electron chi connectivity index (χ0n) is 17.1. The van der Waals surface area contributed by atoms with Gasteiger partial charge in [0.05, 0.1) is 0 Å². The minimum atomic E-state index is -1.80. The summed E-state index contributed by atoms with van der Waals surface area (Å²) in [6.07, 6.45) is -6.30. The van der Waals surface area contributed by atoms with E-state index in [2.05, 4.69) is 5.32 Å². The molecule has 10 nitrogen and oxygen atoms in total. The second-order valence-electron chi connectivity index (χ2n) is 9.44.